The average molecular weight is 533 g/mol. The summed E-state index contributed by atoms with van der Waals surface area (Å²) in [4.78, 5) is 54.0. The van der Waals surface area contributed by atoms with E-state index in [1.807, 2.05) is 18.2 Å². The standard InChI is InChI=1S/C29H28N2O8/c1-19(25(28(34)35)30-29(36)38-18-20-8-3-2-4-9-20)21-12-14-22(15-13-21)37-16-7-17-39-31-26(32)23-10-5-6-11-24(23)27(31)33/h2-6,8-15,19,25H,7,16-18H2,1H3,(H,30,36)(H,34,35)/t19?,25-/m0/s1. The first-order valence-corrected chi connectivity index (χ1v) is 12.4. The van der Waals surface area contributed by atoms with Crippen LogP contribution in [0.25, 0.3) is 0 Å². The number of ether oxygens (including phenoxy) is 2. The summed E-state index contributed by atoms with van der Waals surface area (Å²) in [6.45, 7) is 2.10. The zero-order valence-electron chi connectivity index (χ0n) is 21.2. The van der Waals surface area contributed by atoms with Crippen molar-refractivity contribution < 1.29 is 38.6 Å². The number of rotatable bonds is 12. The number of nitrogens with zero attached hydrogens (tertiary/aromatic N) is 1. The summed E-state index contributed by atoms with van der Waals surface area (Å²) in [6, 6.07) is 21.3. The fourth-order valence-corrected chi connectivity index (χ4v) is 4.04. The van der Waals surface area contributed by atoms with Crippen molar-refractivity contribution in [2.45, 2.75) is 31.9 Å². The SMILES string of the molecule is CC(c1ccc(OCCCON2C(=O)c3ccccc3C2=O)cc1)[C@H](NC(=O)OCc1ccccc1)C(=O)O. The van der Waals surface area contributed by atoms with Crippen LogP contribution in [0.1, 0.15) is 51.1 Å². The van der Waals surface area contributed by atoms with Crippen molar-refractivity contribution in [2.75, 3.05) is 13.2 Å². The molecule has 1 unspecified atom stereocenters. The summed E-state index contributed by atoms with van der Waals surface area (Å²) in [6.07, 6.45) is -0.400. The van der Waals surface area contributed by atoms with Gasteiger partial charge in [-0.15, -0.1) is 5.06 Å². The lowest BCUT2D eigenvalue weighted by Crippen LogP contribution is -2.44. The molecule has 1 aliphatic heterocycles. The van der Waals surface area contributed by atoms with Gasteiger partial charge in [-0.25, -0.2) is 9.59 Å². The summed E-state index contributed by atoms with van der Waals surface area (Å²) < 4.78 is 10.8. The molecule has 0 radical (unpaired) electrons. The summed E-state index contributed by atoms with van der Waals surface area (Å²) in [5.41, 5.74) is 2.11. The van der Waals surface area contributed by atoms with Crippen LogP contribution in [0.5, 0.6) is 5.75 Å². The van der Waals surface area contributed by atoms with E-state index >= 15 is 0 Å². The molecule has 0 fully saturated rings. The number of carbonyl (C=O) groups is 4. The van der Waals surface area contributed by atoms with Crippen molar-refractivity contribution in [3.63, 3.8) is 0 Å². The molecular formula is C29H28N2O8. The third kappa shape index (κ3) is 6.79. The van der Waals surface area contributed by atoms with Gasteiger partial charge in [0, 0.05) is 12.3 Å². The molecule has 0 bridgehead atoms. The van der Waals surface area contributed by atoms with E-state index < -0.39 is 35.8 Å². The number of nitrogens with one attached hydrogen (secondary N) is 1. The number of imide groups is 1. The highest BCUT2D eigenvalue weighted by Gasteiger charge is 2.36. The van der Waals surface area contributed by atoms with E-state index in [9.17, 15) is 24.3 Å². The van der Waals surface area contributed by atoms with Crippen molar-refractivity contribution >= 4 is 23.9 Å². The molecule has 0 aliphatic carbocycles. The van der Waals surface area contributed by atoms with Crippen LogP contribution in [0, 0.1) is 0 Å². The van der Waals surface area contributed by atoms with Crippen molar-refractivity contribution in [3.8, 4) is 5.75 Å². The summed E-state index contributed by atoms with van der Waals surface area (Å²) in [7, 11) is 0. The molecule has 0 spiro atoms. The number of hydrogen-bond donors (Lipinski definition) is 2. The van der Waals surface area contributed by atoms with Gasteiger partial charge in [0.15, 0.2) is 0 Å². The van der Waals surface area contributed by atoms with E-state index in [-0.39, 0.29) is 19.8 Å². The van der Waals surface area contributed by atoms with E-state index in [1.54, 1.807) is 67.6 Å². The van der Waals surface area contributed by atoms with Crippen LogP contribution in [0.4, 0.5) is 4.79 Å². The minimum Gasteiger partial charge on any atom is -0.494 e. The first-order valence-electron chi connectivity index (χ1n) is 12.4. The van der Waals surface area contributed by atoms with Crippen molar-refractivity contribution in [1.82, 2.24) is 10.4 Å². The van der Waals surface area contributed by atoms with Crippen LogP contribution in [0.15, 0.2) is 78.9 Å². The molecule has 2 N–H and O–H groups in total. The summed E-state index contributed by atoms with van der Waals surface area (Å²) in [5, 5.41) is 12.9. The second-order valence-electron chi connectivity index (χ2n) is 8.87. The number of carboxylic acids is 1. The maximum atomic E-state index is 12.3. The molecule has 3 aromatic rings. The Bertz CT molecular complexity index is 1290. The monoisotopic (exact) mass is 532 g/mol. The average Bonchev–Trinajstić information content (AvgIpc) is 3.20. The minimum atomic E-state index is -1.20. The van der Waals surface area contributed by atoms with Gasteiger partial charge in [0.2, 0.25) is 0 Å². The smallest absolute Gasteiger partial charge is 0.408 e. The molecule has 3 amide bonds. The predicted molar refractivity (Wildman–Crippen MR) is 139 cm³/mol. The Kier molecular flexibility index (Phi) is 8.90. The number of amides is 3. The van der Waals surface area contributed by atoms with Gasteiger partial charge in [0.1, 0.15) is 18.4 Å². The van der Waals surface area contributed by atoms with Crippen molar-refractivity contribution in [2.24, 2.45) is 0 Å². The highest BCUT2D eigenvalue weighted by molar-refractivity contribution is 6.20. The molecule has 0 saturated carbocycles. The minimum absolute atomic E-state index is 0.0305. The van der Waals surface area contributed by atoms with Crippen LogP contribution in [0.3, 0.4) is 0 Å². The molecule has 4 rings (SSSR count). The topological polar surface area (TPSA) is 131 Å². The number of hydrogen-bond acceptors (Lipinski definition) is 7. The zero-order valence-corrected chi connectivity index (χ0v) is 21.2. The number of benzene rings is 3. The quantitative estimate of drug-likeness (QED) is 0.263. The van der Waals surface area contributed by atoms with Gasteiger partial charge in [0.05, 0.1) is 24.3 Å². The summed E-state index contributed by atoms with van der Waals surface area (Å²) >= 11 is 0. The van der Waals surface area contributed by atoms with Crippen LogP contribution in [-0.4, -0.2) is 53.3 Å². The third-order valence-corrected chi connectivity index (χ3v) is 6.19. The number of aliphatic carboxylic acids is 1. The van der Waals surface area contributed by atoms with Gasteiger partial charge < -0.3 is 19.9 Å². The molecule has 0 aromatic heterocycles. The molecule has 10 heteroatoms. The molecule has 1 aliphatic rings. The second kappa shape index (κ2) is 12.7. The van der Waals surface area contributed by atoms with Crippen LogP contribution < -0.4 is 10.1 Å². The van der Waals surface area contributed by atoms with E-state index in [0.717, 1.165) is 10.6 Å². The highest BCUT2D eigenvalue weighted by Crippen LogP contribution is 2.24. The number of carboxylic acid groups (broad SMARTS) is 1. The number of alkyl carbamates (subject to hydrolysis) is 1. The van der Waals surface area contributed by atoms with Gasteiger partial charge in [-0.3, -0.25) is 14.4 Å². The van der Waals surface area contributed by atoms with E-state index in [2.05, 4.69) is 5.32 Å². The Morgan fingerprint density at radius 3 is 2.10 bits per heavy atom. The largest absolute Gasteiger partial charge is 0.494 e. The molecule has 202 valence electrons. The zero-order chi connectivity index (χ0) is 27.8. The fourth-order valence-electron chi connectivity index (χ4n) is 4.04. The normalized spacial score (nSPS) is 13.9. The number of carbonyl (C=O) groups excluding carboxylic acids is 3. The first-order chi connectivity index (χ1) is 18.8. The van der Waals surface area contributed by atoms with Crippen LogP contribution in [0.2, 0.25) is 0 Å². The lowest BCUT2D eigenvalue weighted by atomic mass is 9.93. The molecule has 2 atom stereocenters. The second-order valence-corrected chi connectivity index (χ2v) is 8.87. The molecule has 0 saturated heterocycles. The highest BCUT2D eigenvalue weighted by atomic mass is 16.7. The molecule has 1 heterocycles. The Labute approximate surface area is 225 Å². The number of hydroxylamine groups is 2. The van der Waals surface area contributed by atoms with Gasteiger partial charge in [-0.05, 0) is 35.4 Å². The maximum Gasteiger partial charge on any atom is 0.408 e. The first kappa shape index (κ1) is 27.3. The Balaban J connectivity index is 1.21. The van der Waals surface area contributed by atoms with Gasteiger partial charge >= 0.3 is 12.1 Å². The lowest BCUT2D eigenvalue weighted by Gasteiger charge is -2.22. The Hall–Kier alpha value is -4.70. The van der Waals surface area contributed by atoms with Crippen LogP contribution >= 0.6 is 0 Å². The fraction of sp³-hybridized carbons (Fsp3) is 0.241. The Morgan fingerprint density at radius 2 is 1.49 bits per heavy atom. The molecular weight excluding hydrogens is 504 g/mol. The maximum absolute atomic E-state index is 12.3. The van der Waals surface area contributed by atoms with E-state index in [1.165, 1.54) is 0 Å². The van der Waals surface area contributed by atoms with Crippen LogP contribution in [-0.2, 0) is 21.0 Å². The van der Waals surface area contributed by atoms with Gasteiger partial charge in [-0.2, -0.15) is 0 Å². The van der Waals surface area contributed by atoms with E-state index in [4.69, 9.17) is 14.3 Å². The van der Waals surface area contributed by atoms with Gasteiger partial charge in [0.25, 0.3) is 11.8 Å². The van der Waals surface area contributed by atoms with E-state index in [0.29, 0.717) is 28.9 Å². The molecule has 3 aromatic carbocycles. The summed E-state index contributed by atoms with van der Waals surface area (Å²) in [5.74, 6) is -2.15. The van der Waals surface area contributed by atoms with Crippen molar-refractivity contribution in [1.29, 1.82) is 0 Å². The van der Waals surface area contributed by atoms with Gasteiger partial charge in [-0.1, -0.05) is 61.5 Å². The number of fused-ring (bicyclic) bond motifs is 1. The molecule has 39 heavy (non-hydrogen) atoms. The van der Waals surface area contributed by atoms with Crippen molar-refractivity contribution in [3.05, 3.63) is 101 Å². The molecule has 10 nitrogen and oxygen atoms in total. The third-order valence-electron chi connectivity index (χ3n) is 6.19. The Morgan fingerprint density at radius 1 is 0.872 bits per heavy atom. The lowest BCUT2D eigenvalue weighted by molar-refractivity contribution is -0.139. The predicted octanol–water partition coefficient (Wildman–Crippen LogP) is 4.17.